The molecule has 0 spiro atoms. The first-order valence-corrected chi connectivity index (χ1v) is 5.70. The number of carbonyl (C=O) groups is 1. The van der Waals surface area contributed by atoms with Crippen molar-refractivity contribution in [2.75, 3.05) is 0 Å². The summed E-state index contributed by atoms with van der Waals surface area (Å²) in [5.41, 5.74) is 5.43. The number of hydrogen-bond donors (Lipinski definition) is 2. The molecule has 80 valence electrons. The molecule has 14 heavy (non-hydrogen) atoms. The van der Waals surface area contributed by atoms with Crippen molar-refractivity contribution in [3.63, 3.8) is 0 Å². The average molecular weight is 196 g/mol. The lowest BCUT2D eigenvalue weighted by atomic mass is 9.77. The highest BCUT2D eigenvalue weighted by atomic mass is 16.2. The molecule has 2 atom stereocenters. The maximum atomic E-state index is 11.8. The van der Waals surface area contributed by atoms with Crippen LogP contribution in [0.4, 0.5) is 0 Å². The molecular formula is C11H20N2O. The lowest BCUT2D eigenvalue weighted by Gasteiger charge is -2.37. The number of hydrogen-bond acceptors (Lipinski definition) is 2. The molecule has 0 radical (unpaired) electrons. The van der Waals surface area contributed by atoms with Gasteiger partial charge in [0, 0.05) is 6.04 Å². The van der Waals surface area contributed by atoms with E-state index in [2.05, 4.69) is 12.2 Å². The van der Waals surface area contributed by atoms with Crippen LogP contribution in [0.25, 0.3) is 0 Å². The summed E-state index contributed by atoms with van der Waals surface area (Å²) >= 11 is 0. The van der Waals surface area contributed by atoms with Crippen LogP contribution in [0.1, 0.15) is 45.4 Å². The van der Waals surface area contributed by atoms with Crippen LogP contribution in [0.2, 0.25) is 0 Å². The lowest BCUT2D eigenvalue weighted by Crippen LogP contribution is -2.59. The summed E-state index contributed by atoms with van der Waals surface area (Å²) in [5, 5.41) is 3.09. The quantitative estimate of drug-likeness (QED) is 0.696. The number of carbonyl (C=O) groups excluding carboxylic acids is 1. The van der Waals surface area contributed by atoms with Crippen LogP contribution in [0, 0.1) is 5.92 Å². The van der Waals surface area contributed by atoms with E-state index in [0.29, 0.717) is 6.04 Å². The highest BCUT2D eigenvalue weighted by Crippen LogP contribution is 2.31. The summed E-state index contributed by atoms with van der Waals surface area (Å²) < 4.78 is 0. The van der Waals surface area contributed by atoms with Crippen LogP contribution in [0.3, 0.4) is 0 Å². The van der Waals surface area contributed by atoms with Gasteiger partial charge in [-0.1, -0.05) is 6.92 Å². The van der Waals surface area contributed by atoms with Crippen LogP contribution < -0.4 is 11.1 Å². The van der Waals surface area contributed by atoms with Gasteiger partial charge in [0.1, 0.15) is 0 Å². The Morgan fingerprint density at radius 2 is 2.14 bits per heavy atom. The predicted molar refractivity (Wildman–Crippen MR) is 55.7 cm³/mol. The van der Waals surface area contributed by atoms with E-state index in [1.54, 1.807) is 0 Å². The van der Waals surface area contributed by atoms with Gasteiger partial charge in [0.2, 0.25) is 5.91 Å². The molecule has 2 unspecified atom stereocenters. The Kier molecular flexibility index (Phi) is 2.52. The molecule has 0 aromatic rings. The van der Waals surface area contributed by atoms with Crippen molar-refractivity contribution in [1.29, 1.82) is 0 Å². The topological polar surface area (TPSA) is 55.1 Å². The Labute approximate surface area is 85.4 Å². The first-order chi connectivity index (χ1) is 6.60. The van der Waals surface area contributed by atoms with Crippen LogP contribution >= 0.6 is 0 Å². The Hall–Kier alpha value is -0.570. The largest absolute Gasteiger partial charge is 0.352 e. The molecule has 2 aliphatic rings. The molecule has 3 nitrogen and oxygen atoms in total. The van der Waals surface area contributed by atoms with Gasteiger partial charge in [-0.2, -0.15) is 0 Å². The molecule has 2 saturated carbocycles. The molecule has 3 heteroatoms. The third-order valence-electron chi connectivity index (χ3n) is 3.73. The van der Waals surface area contributed by atoms with Gasteiger partial charge in [-0.15, -0.1) is 0 Å². The minimum Gasteiger partial charge on any atom is -0.352 e. The van der Waals surface area contributed by atoms with E-state index in [1.807, 2.05) is 0 Å². The number of rotatable bonds is 2. The Morgan fingerprint density at radius 3 is 2.57 bits per heavy atom. The molecule has 0 bridgehead atoms. The zero-order chi connectivity index (χ0) is 10.2. The van der Waals surface area contributed by atoms with Gasteiger partial charge in [-0.05, 0) is 44.4 Å². The minimum absolute atomic E-state index is 0.0860. The summed E-state index contributed by atoms with van der Waals surface area (Å²) in [7, 11) is 0. The molecular weight excluding hydrogens is 176 g/mol. The molecule has 1 amide bonds. The minimum atomic E-state index is -0.522. The van der Waals surface area contributed by atoms with E-state index in [9.17, 15) is 4.79 Å². The molecule has 0 aromatic carbocycles. The van der Waals surface area contributed by atoms with E-state index in [4.69, 9.17) is 5.73 Å². The summed E-state index contributed by atoms with van der Waals surface area (Å²) in [6.07, 6.45) is 6.32. The predicted octanol–water partition coefficient (Wildman–Crippen LogP) is 1.17. The smallest absolute Gasteiger partial charge is 0.240 e. The molecule has 0 saturated heterocycles. The van der Waals surface area contributed by atoms with Gasteiger partial charge >= 0.3 is 0 Å². The van der Waals surface area contributed by atoms with Crippen LogP contribution in [-0.2, 0) is 4.79 Å². The molecule has 2 rings (SSSR count). The van der Waals surface area contributed by atoms with Crippen LogP contribution in [-0.4, -0.2) is 17.5 Å². The molecule has 0 heterocycles. The monoisotopic (exact) mass is 196 g/mol. The van der Waals surface area contributed by atoms with E-state index < -0.39 is 5.54 Å². The first-order valence-electron chi connectivity index (χ1n) is 5.70. The average Bonchev–Trinajstić information content (AvgIpc) is 2.47. The van der Waals surface area contributed by atoms with E-state index >= 15 is 0 Å². The molecule has 0 aliphatic heterocycles. The Bertz CT molecular complexity index is 235. The summed E-state index contributed by atoms with van der Waals surface area (Å²) in [5.74, 6) is 0.846. The molecule has 2 fully saturated rings. The normalized spacial score (nSPS) is 35.0. The van der Waals surface area contributed by atoms with E-state index in [-0.39, 0.29) is 5.91 Å². The number of nitrogens with two attached hydrogens (primary N) is 1. The van der Waals surface area contributed by atoms with Gasteiger partial charge in [-0.3, -0.25) is 4.79 Å². The van der Waals surface area contributed by atoms with Crippen molar-refractivity contribution in [3.05, 3.63) is 0 Å². The SMILES string of the molecule is CC1CCC(NC(=O)C2(N)CCC2)C1. The van der Waals surface area contributed by atoms with E-state index in [1.165, 1.54) is 6.42 Å². The third-order valence-corrected chi connectivity index (χ3v) is 3.73. The maximum absolute atomic E-state index is 11.8. The fourth-order valence-corrected chi connectivity index (χ4v) is 2.45. The summed E-state index contributed by atoms with van der Waals surface area (Å²) in [4.78, 5) is 11.8. The second-order valence-corrected chi connectivity index (χ2v) is 5.10. The number of amides is 1. The van der Waals surface area contributed by atoms with Crippen molar-refractivity contribution in [1.82, 2.24) is 5.32 Å². The van der Waals surface area contributed by atoms with Crippen LogP contribution in [0.5, 0.6) is 0 Å². The fourth-order valence-electron chi connectivity index (χ4n) is 2.45. The fraction of sp³-hybridized carbons (Fsp3) is 0.909. The van der Waals surface area contributed by atoms with Gasteiger partial charge in [0.25, 0.3) is 0 Å². The summed E-state index contributed by atoms with van der Waals surface area (Å²) in [6.45, 7) is 2.24. The Balaban J connectivity index is 1.82. The van der Waals surface area contributed by atoms with Crippen molar-refractivity contribution < 1.29 is 4.79 Å². The lowest BCUT2D eigenvalue weighted by molar-refractivity contribution is -0.129. The van der Waals surface area contributed by atoms with Crippen molar-refractivity contribution >= 4 is 5.91 Å². The van der Waals surface area contributed by atoms with Gasteiger partial charge < -0.3 is 11.1 Å². The highest BCUT2D eigenvalue weighted by molar-refractivity contribution is 5.87. The molecule has 0 aromatic heterocycles. The van der Waals surface area contributed by atoms with Gasteiger partial charge in [-0.25, -0.2) is 0 Å². The second kappa shape index (κ2) is 3.54. The summed E-state index contributed by atoms with van der Waals surface area (Å²) in [6, 6.07) is 0.388. The zero-order valence-electron chi connectivity index (χ0n) is 8.88. The molecule has 2 aliphatic carbocycles. The van der Waals surface area contributed by atoms with E-state index in [0.717, 1.165) is 38.0 Å². The van der Waals surface area contributed by atoms with Gasteiger partial charge in [0.15, 0.2) is 0 Å². The third kappa shape index (κ3) is 1.78. The maximum Gasteiger partial charge on any atom is 0.240 e. The molecule has 3 N–H and O–H groups in total. The first kappa shape index (κ1) is 9.97. The van der Waals surface area contributed by atoms with Crippen molar-refractivity contribution in [3.8, 4) is 0 Å². The van der Waals surface area contributed by atoms with Crippen LogP contribution in [0.15, 0.2) is 0 Å². The van der Waals surface area contributed by atoms with Crippen molar-refractivity contribution in [2.45, 2.75) is 57.0 Å². The number of nitrogens with one attached hydrogen (secondary N) is 1. The highest BCUT2D eigenvalue weighted by Gasteiger charge is 2.41. The second-order valence-electron chi connectivity index (χ2n) is 5.10. The van der Waals surface area contributed by atoms with Crippen molar-refractivity contribution in [2.24, 2.45) is 11.7 Å². The zero-order valence-corrected chi connectivity index (χ0v) is 8.88. The Morgan fingerprint density at radius 1 is 1.43 bits per heavy atom. The standard InChI is InChI=1S/C11H20N2O/c1-8-3-4-9(7-8)13-10(14)11(12)5-2-6-11/h8-9H,2-7,12H2,1H3,(H,13,14). The van der Waals surface area contributed by atoms with Gasteiger partial charge in [0.05, 0.1) is 5.54 Å².